The van der Waals surface area contributed by atoms with Crippen LogP contribution in [-0.4, -0.2) is 9.78 Å². The molecule has 3 N–H and O–H groups in total. The zero-order chi connectivity index (χ0) is 11.5. The summed E-state index contributed by atoms with van der Waals surface area (Å²) in [6.45, 7) is 2.06. The fraction of sp³-hybridized carbons (Fsp3) is 0.364. The quantitative estimate of drug-likeness (QED) is 0.625. The first kappa shape index (κ1) is 11.3. The van der Waals surface area contributed by atoms with Crippen molar-refractivity contribution in [1.82, 2.24) is 15.2 Å². The molecule has 4 nitrogen and oxygen atoms in total. The van der Waals surface area contributed by atoms with E-state index in [0.717, 1.165) is 17.7 Å². The normalized spacial score (nSPS) is 12.9. The molecule has 0 saturated carbocycles. The lowest BCUT2D eigenvalue weighted by atomic mass is 10.0. The number of hydrogen-bond donors (Lipinski definition) is 2. The van der Waals surface area contributed by atoms with Crippen LogP contribution in [0.3, 0.4) is 0 Å². The molecule has 0 fully saturated rings. The number of thiophene rings is 1. The van der Waals surface area contributed by atoms with Crippen LogP contribution in [0, 0.1) is 6.92 Å². The van der Waals surface area contributed by atoms with Gasteiger partial charge >= 0.3 is 0 Å². The van der Waals surface area contributed by atoms with Gasteiger partial charge in [-0.3, -0.25) is 16.0 Å². The number of nitrogens with two attached hydrogens (primary N) is 1. The van der Waals surface area contributed by atoms with Crippen LogP contribution >= 0.6 is 11.3 Å². The van der Waals surface area contributed by atoms with Crippen molar-refractivity contribution < 1.29 is 0 Å². The topological polar surface area (TPSA) is 55.9 Å². The number of hydrogen-bond acceptors (Lipinski definition) is 4. The molecule has 86 valence electrons. The molecule has 16 heavy (non-hydrogen) atoms. The third-order valence-electron chi connectivity index (χ3n) is 2.87. The Kier molecular flexibility index (Phi) is 3.38. The van der Waals surface area contributed by atoms with E-state index in [9.17, 15) is 0 Å². The van der Waals surface area contributed by atoms with E-state index in [0.29, 0.717) is 0 Å². The molecule has 2 heterocycles. The summed E-state index contributed by atoms with van der Waals surface area (Å²) in [4.78, 5) is 0. The fourth-order valence-electron chi connectivity index (χ4n) is 1.76. The molecule has 2 rings (SSSR count). The standard InChI is InChI=1S/C11H16N4S/c1-8-10(6-13-15(8)2)11(14-12)5-9-3-4-16-7-9/h3-4,6-7,11,14H,5,12H2,1-2H3. The van der Waals surface area contributed by atoms with E-state index in [1.807, 2.05) is 17.9 Å². The summed E-state index contributed by atoms with van der Waals surface area (Å²) in [6, 6.07) is 2.25. The van der Waals surface area contributed by atoms with E-state index in [1.165, 1.54) is 5.56 Å². The Labute approximate surface area is 99.1 Å². The molecular formula is C11H16N4S. The van der Waals surface area contributed by atoms with Crippen molar-refractivity contribution in [3.05, 3.63) is 39.8 Å². The van der Waals surface area contributed by atoms with E-state index < -0.39 is 0 Å². The van der Waals surface area contributed by atoms with Crippen molar-refractivity contribution in [3.8, 4) is 0 Å². The van der Waals surface area contributed by atoms with Gasteiger partial charge in [0.1, 0.15) is 0 Å². The highest BCUT2D eigenvalue weighted by Gasteiger charge is 2.15. The van der Waals surface area contributed by atoms with Gasteiger partial charge in [0.2, 0.25) is 0 Å². The number of rotatable bonds is 4. The Morgan fingerprint density at radius 2 is 2.44 bits per heavy atom. The molecule has 0 aliphatic heterocycles. The molecule has 5 heteroatoms. The maximum absolute atomic E-state index is 5.62. The van der Waals surface area contributed by atoms with Gasteiger partial charge in [-0.15, -0.1) is 0 Å². The van der Waals surface area contributed by atoms with Crippen molar-refractivity contribution in [2.45, 2.75) is 19.4 Å². The summed E-state index contributed by atoms with van der Waals surface area (Å²) in [7, 11) is 1.94. The second-order valence-electron chi connectivity index (χ2n) is 3.86. The fourth-order valence-corrected chi connectivity index (χ4v) is 2.44. The van der Waals surface area contributed by atoms with Gasteiger partial charge in [-0.25, -0.2) is 0 Å². The molecule has 1 unspecified atom stereocenters. The van der Waals surface area contributed by atoms with Crippen molar-refractivity contribution in [3.63, 3.8) is 0 Å². The first-order valence-electron chi connectivity index (χ1n) is 5.18. The molecular weight excluding hydrogens is 220 g/mol. The van der Waals surface area contributed by atoms with Crippen molar-refractivity contribution >= 4 is 11.3 Å². The van der Waals surface area contributed by atoms with E-state index in [-0.39, 0.29) is 6.04 Å². The van der Waals surface area contributed by atoms with E-state index in [2.05, 4.69) is 34.3 Å². The van der Waals surface area contributed by atoms with Gasteiger partial charge in [-0.1, -0.05) is 0 Å². The first-order valence-corrected chi connectivity index (χ1v) is 6.12. The van der Waals surface area contributed by atoms with Crippen molar-refractivity contribution in [1.29, 1.82) is 0 Å². The predicted molar refractivity (Wildman–Crippen MR) is 66.0 cm³/mol. The summed E-state index contributed by atoms with van der Waals surface area (Å²) >= 11 is 1.71. The smallest absolute Gasteiger partial charge is 0.0540 e. The van der Waals surface area contributed by atoms with E-state index in [1.54, 1.807) is 11.3 Å². The second-order valence-corrected chi connectivity index (χ2v) is 4.64. The molecule has 2 aromatic rings. The molecule has 0 aliphatic rings. The maximum Gasteiger partial charge on any atom is 0.0540 e. The highest BCUT2D eigenvalue weighted by atomic mass is 32.1. The first-order chi connectivity index (χ1) is 7.72. The van der Waals surface area contributed by atoms with Gasteiger partial charge < -0.3 is 0 Å². The minimum Gasteiger partial charge on any atom is -0.273 e. The molecule has 0 radical (unpaired) electrons. The third kappa shape index (κ3) is 2.16. The predicted octanol–water partition coefficient (Wildman–Crippen LogP) is 1.54. The van der Waals surface area contributed by atoms with E-state index >= 15 is 0 Å². The largest absolute Gasteiger partial charge is 0.273 e. The van der Waals surface area contributed by atoms with Gasteiger partial charge in [0, 0.05) is 18.3 Å². The molecule has 0 bridgehead atoms. The number of aromatic nitrogens is 2. The summed E-state index contributed by atoms with van der Waals surface area (Å²) < 4.78 is 1.87. The third-order valence-corrected chi connectivity index (χ3v) is 3.60. The average molecular weight is 236 g/mol. The van der Waals surface area contributed by atoms with E-state index in [4.69, 9.17) is 5.84 Å². The van der Waals surface area contributed by atoms with Gasteiger partial charge in [-0.05, 0) is 35.7 Å². The summed E-state index contributed by atoms with van der Waals surface area (Å²) in [5.41, 5.74) is 6.48. The van der Waals surface area contributed by atoms with Crippen LogP contribution in [0.4, 0.5) is 0 Å². The maximum atomic E-state index is 5.62. The summed E-state index contributed by atoms with van der Waals surface area (Å²) in [5.74, 6) is 5.62. The van der Waals surface area contributed by atoms with Crippen LogP contribution in [0.15, 0.2) is 23.0 Å². The Balaban J connectivity index is 2.20. The van der Waals surface area contributed by atoms with Crippen LogP contribution in [0.2, 0.25) is 0 Å². The summed E-state index contributed by atoms with van der Waals surface area (Å²) in [5, 5.41) is 8.47. The molecule has 0 aliphatic carbocycles. The van der Waals surface area contributed by atoms with Crippen molar-refractivity contribution in [2.75, 3.05) is 0 Å². The van der Waals surface area contributed by atoms with Crippen LogP contribution in [0.5, 0.6) is 0 Å². The minimum atomic E-state index is 0.128. The molecule has 2 aromatic heterocycles. The lowest BCUT2D eigenvalue weighted by molar-refractivity contribution is 0.548. The van der Waals surface area contributed by atoms with Crippen LogP contribution in [-0.2, 0) is 13.5 Å². The Bertz CT molecular complexity index is 447. The molecule has 0 saturated heterocycles. The Morgan fingerprint density at radius 3 is 2.94 bits per heavy atom. The van der Waals surface area contributed by atoms with Crippen LogP contribution in [0.25, 0.3) is 0 Å². The molecule has 0 amide bonds. The average Bonchev–Trinajstić information content (AvgIpc) is 2.88. The van der Waals surface area contributed by atoms with Crippen molar-refractivity contribution in [2.24, 2.45) is 12.9 Å². The zero-order valence-electron chi connectivity index (χ0n) is 9.47. The van der Waals surface area contributed by atoms with Crippen LogP contribution < -0.4 is 11.3 Å². The monoisotopic (exact) mass is 236 g/mol. The lowest BCUT2D eigenvalue weighted by Crippen LogP contribution is -2.29. The van der Waals surface area contributed by atoms with Gasteiger partial charge in [0.25, 0.3) is 0 Å². The Hall–Kier alpha value is -1.17. The number of nitrogens with zero attached hydrogens (tertiary/aromatic N) is 2. The Morgan fingerprint density at radius 1 is 1.62 bits per heavy atom. The summed E-state index contributed by atoms with van der Waals surface area (Å²) in [6.07, 6.45) is 2.78. The number of hydrazine groups is 1. The molecule has 0 aromatic carbocycles. The van der Waals surface area contributed by atoms with Gasteiger partial charge in [0.05, 0.1) is 12.2 Å². The highest BCUT2D eigenvalue weighted by molar-refractivity contribution is 7.07. The lowest BCUT2D eigenvalue weighted by Gasteiger charge is -2.14. The number of aryl methyl sites for hydroxylation is 1. The molecule has 1 atom stereocenters. The van der Waals surface area contributed by atoms with Gasteiger partial charge in [0.15, 0.2) is 0 Å². The van der Waals surface area contributed by atoms with Gasteiger partial charge in [-0.2, -0.15) is 16.4 Å². The zero-order valence-corrected chi connectivity index (χ0v) is 10.3. The highest BCUT2D eigenvalue weighted by Crippen LogP contribution is 2.21. The molecule has 0 spiro atoms. The van der Waals surface area contributed by atoms with Crippen LogP contribution in [0.1, 0.15) is 22.9 Å². The second kappa shape index (κ2) is 4.78. The number of nitrogens with one attached hydrogen (secondary N) is 1. The SMILES string of the molecule is Cc1c(C(Cc2ccsc2)NN)cnn1C. The minimum absolute atomic E-state index is 0.128.